The second kappa shape index (κ2) is 5.68. The molecule has 9 heteroatoms. The Morgan fingerprint density at radius 1 is 1.33 bits per heavy atom. The Labute approximate surface area is 123 Å². The van der Waals surface area contributed by atoms with Crippen molar-refractivity contribution in [2.45, 2.75) is 25.5 Å². The molecular weight excluding hydrogens is 299 g/mol. The lowest BCUT2D eigenvalue weighted by Gasteiger charge is -2.26. The summed E-state index contributed by atoms with van der Waals surface area (Å²) in [4.78, 5) is 27.4. The van der Waals surface area contributed by atoms with Gasteiger partial charge < -0.3 is 18.7 Å². The van der Waals surface area contributed by atoms with Gasteiger partial charge in [0.15, 0.2) is 0 Å². The molecule has 120 valence electrons. The van der Waals surface area contributed by atoms with Crippen molar-refractivity contribution in [2.75, 3.05) is 40.1 Å². The van der Waals surface area contributed by atoms with Gasteiger partial charge in [-0.2, -0.15) is 0 Å². The Balaban J connectivity index is 2.07. The summed E-state index contributed by atoms with van der Waals surface area (Å²) in [5.74, 6) is -0.313. The average molecular weight is 320 g/mol. The van der Waals surface area contributed by atoms with Gasteiger partial charge in [-0.25, -0.2) is 4.79 Å². The molecular formula is C12H21N2O6P. The second-order valence-corrected chi connectivity index (χ2v) is 7.96. The van der Waals surface area contributed by atoms with Gasteiger partial charge in [0.25, 0.3) is 5.91 Å². The Morgan fingerprint density at radius 2 is 1.90 bits per heavy atom. The van der Waals surface area contributed by atoms with Gasteiger partial charge >= 0.3 is 13.6 Å². The molecule has 3 amide bonds. The van der Waals surface area contributed by atoms with Crippen molar-refractivity contribution in [1.29, 1.82) is 0 Å². The van der Waals surface area contributed by atoms with Crippen molar-refractivity contribution in [3.05, 3.63) is 0 Å². The molecule has 2 aliphatic rings. The molecule has 0 aromatic carbocycles. The third-order valence-corrected chi connectivity index (χ3v) is 5.71. The van der Waals surface area contributed by atoms with Crippen LogP contribution in [0.15, 0.2) is 0 Å². The fraction of sp³-hybridized carbons (Fsp3) is 0.833. The van der Waals surface area contributed by atoms with Crippen LogP contribution >= 0.6 is 7.60 Å². The van der Waals surface area contributed by atoms with Gasteiger partial charge in [0, 0.05) is 20.8 Å². The van der Waals surface area contributed by atoms with E-state index in [0.717, 1.165) is 4.90 Å². The lowest BCUT2D eigenvalue weighted by Crippen LogP contribution is -2.45. The number of rotatable bonds is 7. The first-order chi connectivity index (χ1) is 9.75. The van der Waals surface area contributed by atoms with Gasteiger partial charge in [0.05, 0.1) is 25.4 Å². The van der Waals surface area contributed by atoms with Crippen molar-refractivity contribution >= 4 is 19.5 Å². The quantitative estimate of drug-likeness (QED) is 0.394. The highest BCUT2D eigenvalue weighted by molar-refractivity contribution is 7.53. The normalized spacial score (nSPS) is 24.9. The molecule has 0 radical (unpaired) electrons. The minimum absolute atomic E-state index is 0.00206. The maximum absolute atomic E-state index is 12.4. The lowest BCUT2D eigenvalue weighted by atomic mass is 10.0. The zero-order chi connectivity index (χ0) is 15.8. The summed E-state index contributed by atoms with van der Waals surface area (Å²) in [5, 5.41) is 0. The molecule has 0 aliphatic carbocycles. The number of hydrogen-bond acceptors (Lipinski definition) is 6. The summed E-state index contributed by atoms with van der Waals surface area (Å²) in [5.41, 5.74) is -0.923. The number of ether oxygens (including phenoxy) is 1. The first-order valence-electron chi connectivity index (χ1n) is 6.71. The van der Waals surface area contributed by atoms with Gasteiger partial charge in [-0.15, -0.1) is 0 Å². The van der Waals surface area contributed by atoms with Crippen molar-refractivity contribution in [3.8, 4) is 0 Å². The van der Waals surface area contributed by atoms with Crippen molar-refractivity contribution in [1.82, 2.24) is 9.80 Å². The summed E-state index contributed by atoms with van der Waals surface area (Å²) in [7, 11) is -0.700. The minimum atomic E-state index is -3.25. The van der Waals surface area contributed by atoms with Crippen LogP contribution in [0.4, 0.5) is 4.79 Å². The average Bonchev–Trinajstić information content (AvgIpc) is 3.25. The molecule has 2 rings (SSSR count). The molecule has 0 spiro atoms. The van der Waals surface area contributed by atoms with E-state index in [0.29, 0.717) is 13.2 Å². The maximum Gasteiger partial charge on any atom is 0.331 e. The summed E-state index contributed by atoms with van der Waals surface area (Å²) >= 11 is 0. The molecule has 0 aromatic rings. The molecule has 1 atom stereocenters. The van der Waals surface area contributed by atoms with Gasteiger partial charge in [0.2, 0.25) is 0 Å². The largest absolute Gasteiger partial charge is 0.371 e. The summed E-state index contributed by atoms with van der Waals surface area (Å²) in [6.07, 6.45) is -0.0218. The van der Waals surface area contributed by atoms with E-state index in [1.807, 2.05) is 0 Å². The second-order valence-electron chi connectivity index (χ2n) is 5.56. The highest BCUT2D eigenvalue weighted by Crippen LogP contribution is 2.46. The van der Waals surface area contributed by atoms with Crippen molar-refractivity contribution in [3.63, 3.8) is 0 Å². The van der Waals surface area contributed by atoms with Gasteiger partial charge in [-0.05, 0) is 13.8 Å². The molecule has 2 fully saturated rings. The van der Waals surface area contributed by atoms with E-state index in [-0.39, 0.29) is 30.7 Å². The number of amides is 3. The Morgan fingerprint density at radius 3 is 2.38 bits per heavy atom. The first-order valence-corrected chi connectivity index (χ1v) is 8.43. The third kappa shape index (κ3) is 3.13. The van der Waals surface area contributed by atoms with E-state index in [9.17, 15) is 14.2 Å². The molecule has 0 bridgehead atoms. The Bertz CT molecular complexity index is 482. The highest BCUT2D eigenvalue weighted by Gasteiger charge is 2.52. The number of nitrogens with zero attached hydrogens (tertiary/aromatic N) is 2. The van der Waals surface area contributed by atoms with Crippen molar-refractivity contribution in [2.24, 2.45) is 0 Å². The van der Waals surface area contributed by atoms with Crippen molar-refractivity contribution < 1.29 is 27.9 Å². The number of imide groups is 1. The highest BCUT2D eigenvalue weighted by atomic mass is 31.2. The maximum atomic E-state index is 12.4. The first kappa shape index (κ1) is 16.4. The van der Waals surface area contributed by atoms with E-state index < -0.39 is 13.1 Å². The molecule has 1 unspecified atom stereocenters. The number of epoxide rings is 1. The van der Waals surface area contributed by atoms with E-state index in [1.165, 1.54) is 19.1 Å². The predicted molar refractivity (Wildman–Crippen MR) is 74.1 cm³/mol. The van der Waals surface area contributed by atoms with Gasteiger partial charge in [-0.3, -0.25) is 14.3 Å². The summed E-state index contributed by atoms with van der Waals surface area (Å²) in [6.45, 7) is 4.39. The van der Waals surface area contributed by atoms with Crippen LogP contribution in [0.25, 0.3) is 0 Å². The van der Waals surface area contributed by atoms with E-state index in [1.54, 1.807) is 13.8 Å². The number of urea groups is 1. The van der Waals surface area contributed by atoms with Gasteiger partial charge in [0.1, 0.15) is 5.54 Å². The van der Waals surface area contributed by atoms with E-state index >= 15 is 0 Å². The van der Waals surface area contributed by atoms with Crippen LogP contribution in [0.5, 0.6) is 0 Å². The fourth-order valence-corrected chi connectivity index (χ4v) is 3.24. The topological polar surface area (TPSA) is 88.7 Å². The van der Waals surface area contributed by atoms with Crippen LogP contribution in [0.1, 0.15) is 13.8 Å². The molecule has 8 nitrogen and oxygen atoms in total. The number of carbonyl (C=O) groups excluding carboxylic acids is 2. The monoisotopic (exact) mass is 320 g/mol. The lowest BCUT2D eigenvalue weighted by molar-refractivity contribution is -0.131. The van der Waals surface area contributed by atoms with E-state index in [2.05, 4.69) is 0 Å². The van der Waals surface area contributed by atoms with Crippen LogP contribution in [0.3, 0.4) is 0 Å². The molecule has 0 saturated carbocycles. The number of carbonyl (C=O) groups is 2. The number of hydrogen-bond donors (Lipinski definition) is 0. The molecule has 0 N–H and O–H groups in total. The van der Waals surface area contributed by atoms with Gasteiger partial charge in [-0.1, -0.05) is 0 Å². The fourth-order valence-electron chi connectivity index (χ4n) is 2.28. The van der Waals surface area contributed by atoms with Crippen LogP contribution in [-0.2, 0) is 23.1 Å². The molecule has 2 heterocycles. The third-order valence-electron chi connectivity index (χ3n) is 3.85. The molecule has 2 aliphatic heterocycles. The predicted octanol–water partition coefficient (Wildman–Crippen LogP) is 0.914. The standard InChI is InChI=1S/C12H21N2O6P/c1-12(2)10(15)13(5-6-21(17,18-3)19-4)11(16)14(12)7-9-8-20-9/h9H,5-8H2,1-4H3. The summed E-state index contributed by atoms with van der Waals surface area (Å²) in [6, 6.07) is -0.390. The van der Waals surface area contributed by atoms with Crippen LogP contribution in [0, 0.1) is 0 Å². The van der Waals surface area contributed by atoms with Crippen LogP contribution < -0.4 is 0 Å². The van der Waals surface area contributed by atoms with E-state index in [4.69, 9.17) is 13.8 Å². The molecule has 0 aromatic heterocycles. The molecule has 21 heavy (non-hydrogen) atoms. The Kier molecular flexibility index (Phi) is 4.44. The van der Waals surface area contributed by atoms with Crippen LogP contribution in [-0.4, -0.2) is 73.5 Å². The Hall–Kier alpha value is -0.950. The zero-order valence-electron chi connectivity index (χ0n) is 12.7. The summed E-state index contributed by atoms with van der Waals surface area (Å²) < 4.78 is 26.8. The minimum Gasteiger partial charge on any atom is -0.371 e. The SMILES string of the molecule is COP(=O)(CCN1C(=O)N(CC2CO2)C(C)(C)C1=O)OC. The smallest absolute Gasteiger partial charge is 0.331 e. The van der Waals surface area contributed by atoms with Crippen LogP contribution in [0.2, 0.25) is 0 Å². The molecule has 2 saturated heterocycles. The zero-order valence-corrected chi connectivity index (χ0v) is 13.6.